The molecule has 1 atom stereocenters. The third-order valence-electron chi connectivity index (χ3n) is 5.36. The maximum Gasteiger partial charge on any atom is 0.263 e. The van der Waals surface area contributed by atoms with Gasteiger partial charge in [-0.1, -0.05) is 29.8 Å². The van der Waals surface area contributed by atoms with Crippen molar-refractivity contribution in [2.24, 2.45) is 0 Å². The minimum atomic E-state index is -3.77. The van der Waals surface area contributed by atoms with Gasteiger partial charge in [-0.2, -0.15) is 0 Å². The summed E-state index contributed by atoms with van der Waals surface area (Å²) in [5.41, 5.74) is 1.23. The van der Waals surface area contributed by atoms with Gasteiger partial charge in [0.25, 0.3) is 15.9 Å². The van der Waals surface area contributed by atoms with E-state index in [-0.39, 0.29) is 16.6 Å². The number of aliphatic hydroxyl groups is 1. The van der Waals surface area contributed by atoms with Crippen molar-refractivity contribution < 1.29 is 18.3 Å². The lowest BCUT2D eigenvalue weighted by atomic mass is 10.1. The number of hydrogen-bond donors (Lipinski definition) is 2. The molecular weight excluding hydrogens is 466 g/mol. The molecule has 4 rings (SSSR count). The van der Waals surface area contributed by atoms with Gasteiger partial charge >= 0.3 is 0 Å². The van der Waals surface area contributed by atoms with Crippen molar-refractivity contribution in [3.8, 4) is 0 Å². The van der Waals surface area contributed by atoms with Gasteiger partial charge in [-0.15, -0.1) is 0 Å². The monoisotopic (exact) mass is 487 g/mol. The van der Waals surface area contributed by atoms with Crippen molar-refractivity contribution in [3.63, 3.8) is 0 Å². The van der Waals surface area contributed by atoms with Crippen LogP contribution in [0.2, 0.25) is 5.02 Å². The summed E-state index contributed by atoms with van der Waals surface area (Å²) in [6, 6.07) is 14.7. The first-order chi connectivity index (χ1) is 15.8. The highest BCUT2D eigenvalue weighted by Crippen LogP contribution is 2.26. The number of benzene rings is 2. The van der Waals surface area contributed by atoms with E-state index in [0.717, 1.165) is 5.69 Å². The molecule has 0 radical (unpaired) electrons. The fourth-order valence-corrected chi connectivity index (χ4v) is 4.82. The fraction of sp³-hybridized carbons (Fsp3) is 0.227. The maximum absolute atomic E-state index is 12.7. The molecular formula is C22H22ClN5O4S. The standard InChI is InChI=1S/C22H22ClN5O4S/c23-19-4-2-1-3-18(19)21(29)22(30)28-13-11-27(12-14-28)16-5-7-17(8-6-16)33(31,32)26-20-9-10-24-15-25-20/h1-10,15,21,29H,11-14H2,(H,24,25,26)/t21-/m1/s1. The van der Waals surface area contributed by atoms with Gasteiger partial charge < -0.3 is 14.9 Å². The van der Waals surface area contributed by atoms with E-state index in [9.17, 15) is 18.3 Å². The van der Waals surface area contributed by atoms with Crippen molar-refractivity contribution in [3.05, 3.63) is 77.7 Å². The summed E-state index contributed by atoms with van der Waals surface area (Å²) < 4.78 is 27.5. The van der Waals surface area contributed by atoms with Crippen LogP contribution in [-0.2, 0) is 14.8 Å². The van der Waals surface area contributed by atoms with Crippen LogP contribution in [0.5, 0.6) is 0 Å². The number of rotatable bonds is 6. The van der Waals surface area contributed by atoms with Gasteiger partial charge in [-0.25, -0.2) is 18.4 Å². The molecule has 1 amide bonds. The molecule has 9 nitrogen and oxygen atoms in total. The Balaban J connectivity index is 1.37. The average molecular weight is 488 g/mol. The van der Waals surface area contributed by atoms with Crippen molar-refractivity contribution in [2.75, 3.05) is 35.8 Å². The number of carbonyl (C=O) groups is 1. The molecule has 1 saturated heterocycles. The SMILES string of the molecule is O=C([C@H](O)c1ccccc1Cl)N1CCN(c2ccc(S(=O)(=O)Nc3ccncn3)cc2)CC1. The van der Waals surface area contributed by atoms with E-state index in [1.54, 1.807) is 41.3 Å². The normalized spacial score (nSPS) is 15.2. The molecule has 0 unspecified atom stereocenters. The number of aromatic nitrogens is 2. The van der Waals surface area contributed by atoms with E-state index in [2.05, 4.69) is 19.6 Å². The summed E-state index contributed by atoms with van der Waals surface area (Å²) in [6.07, 6.45) is 1.40. The van der Waals surface area contributed by atoms with Crippen LogP contribution >= 0.6 is 11.6 Å². The van der Waals surface area contributed by atoms with E-state index in [1.807, 2.05) is 0 Å². The van der Waals surface area contributed by atoms with E-state index in [1.165, 1.54) is 30.7 Å². The number of anilines is 2. The quantitative estimate of drug-likeness (QED) is 0.548. The smallest absolute Gasteiger partial charge is 0.263 e. The van der Waals surface area contributed by atoms with Gasteiger partial charge in [0.1, 0.15) is 12.1 Å². The predicted molar refractivity (Wildman–Crippen MR) is 124 cm³/mol. The van der Waals surface area contributed by atoms with Gasteiger partial charge in [0.05, 0.1) is 4.90 Å². The van der Waals surface area contributed by atoms with E-state index < -0.39 is 16.1 Å². The van der Waals surface area contributed by atoms with Gasteiger partial charge in [0, 0.05) is 48.6 Å². The van der Waals surface area contributed by atoms with E-state index in [0.29, 0.717) is 36.8 Å². The molecule has 1 aliphatic heterocycles. The summed E-state index contributed by atoms with van der Waals surface area (Å²) >= 11 is 6.10. The molecule has 0 spiro atoms. The highest BCUT2D eigenvalue weighted by molar-refractivity contribution is 7.92. The van der Waals surface area contributed by atoms with Gasteiger partial charge in [-0.3, -0.25) is 9.52 Å². The number of carbonyl (C=O) groups excluding carboxylic acids is 1. The fourth-order valence-electron chi connectivity index (χ4n) is 3.57. The number of piperazine rings is 1. The van der Waals surface area contributed by atoms with Crippen molar-refractivity contribution >= 4 is 39.0 Å². The molecule has 0 bridgehead atoms. The first kappa shape index (κ1) is 23.0. The van der Waals surface area contributed by atoms with Gasteiger partial charge in [-0.05, 0) is 36.4 Å². The highest BCUT2D eigenvalue weighted by Gasteiger charge is 2.28. The Morgan fingerprint density at radius 3 is 2.36 bits per heavy atom. The molecule has 0 saturated carbocycles. The topological polar surface area (TPSA) is 116 Å². The average Bonchev–Trinajstić information content (AvgIpc) is 2.84. The number of halogens is 1. The zero-order chi connectivity index (χ0) is 23.4. The van der Waals surface area contributed by atoms with Crippen molar-refractivity contribution in [1.82, 2.24) is 14.9 Å². The number of aliphatic hydroxyl groups excluding tert-OH is 1. The first-order valence-electron chi connectivity index (χ1n) is 10.2. The number of nitrogens with zero attached hydrogens (tertiary/aromatic N) is 4. The second kappa shape index (κ2) is 9.74. The molecule has 3 aromatic rings. The maximum atomic E-state index is 12.7. The molecule has 2 aromatic carbocycles. The Labute approximate surface area is 196 Å². The van der Waals surface area contributed by atoms with Crippen LogP contribution in [0.1, 0.15) is 11.7 Å². The van der Waals surface area contributed by atoms with E-state index >= 15 is 0 Å². The molecule has 33 heavy (non-hydrogen) atoms. The Bertz CT molecular complexity index is 1220. The minimum absolute atomic E-state index is 0.113. The van der Waals surface area contributed by atoms with Crippen LogP contribution in [0.3, 0.4) is 0 Å². The Hall–Kier alpha value is -3.21. The molecule has 172 valence electrons. The number of sulfonamides is 1. The highest BCUT2D eigenvalue weighted by atomic mass is 35.5. The molecule has 2 heterocycles. The molecule has 1 fully saturated rings. The first-order valence-corrected chi connectivity index (χ1v) is 12.1. The van der Waals surface area contributed by atoms with Gasteiger partial charge in [0.2, 0.25) is 0 Å². The molecule has 2 N–H and O–H groups in total. The number of hydrogen-bond acceptors (Lipinski definition) is 7. The van der Waals surface area contributed by atoms with Crippen LogP contribution < -0.4 is 9.62 Å². The lowest BCUT2D eigenvalue weighted by Crippen LogP contribution is -2.50. The van der Waals surface area contributed by atoms with Crippen molar-refractivity contribution in [1.29, 1.82) is 0 Å². The lowest BCUT2D eigenvalue weighted by molar-refractivity contribution is -0.140. The van der Waals surface area contributed by atoms with E-state index in [4.69, 9.17) is 11.6 Å². The van der Waals surface area contributed by atoms with Crippen LogP contribution in [0.4, 0.5) is 11.5 Å². The summed E-state index contributed by atoms with van der Waals surface area (Å²) in [5.74, 6) is -0.200. The second-order valence-corrected chi connectivity index (χ2v) is 9.52. The Morgan fingerprint density at radius 2 is 1.73 bits per heavy atom. The molecule has 1 aromatic heterocycles. The zero-order valence-corrected chi connectivity index (χ0v) is 19.1. The Morgan fingerprint density at radius 1 is 1.03 bits per heavy atom. The zero-order valence-electron chi connectivity index (χ0n) is 17.5. The summed E-state index contributed by atoms with van der Waals surface area (Å²) in [6.45, 7) is 1.95. The summed E-state index contributed by atoms with van der Waals surface area (Å²) in [4.78, 5) is 24.1. The van der Waals surface area contributed by atoms with Crippen LogP contribution in [-0.4, -0.2) is 60.5 Å². The van der Waals surface area contributed by atoms with Crippen LogP contribution in [0.25, 0.3) is 0 Å². The summed E-state index contributed by atoms with van der Waals surface area (Å²) in [5, 5.41) is 10.8. The third-order valence-corrected chi connectivity index (χ3v) is 7.07. The third kappa shape index (κ3) is 5.24. The van der Waals surface area contributed by atoms with Crippen LogP contribution in [0.15, 0.2) is 72.0 Å². The summed E-state index contributed by atoms with van der Waals surface area (Å²) in [7, 11) is -3.77. The molecule has 0 aliphatic carbocycles. The Kier molecular flexibility index (Phi) is 6.77. The largest absolute Gasteiger partial charge is 0.378 e. The lowest BCUT2D eigenvalue weighted by Gasteiger charge is -2.37. The molecule has 1 aliphatic rings. The second-order valence-electron chi connectivity index (χ2n) is 7.43. The number of amides is 1. The van der Waals surface area contributed by atoms with Gasteiger partial charge in [0.15, 0.2) is 6.10 Å². The molecule has 11 heteroatoms. The van der Waals surface area contributed by atoms with Crippen molar-refractivity contribution in [2.45, 2.75) is 11.0 Å². The number of nitrogens with one attached hydrogen (secondary N) is 1. The minimum Gasteiger partial charge on any atom is -0.378 e. The van der Waals surface area contributed by atoms with Crippen LogP contribution in [0, 0.1) is 0 Å². The predicted octanol–water partition coefficient (Wildman–Crippen LogP) is 2.31.